The van der Waals surface area contributed by atoms with Crippen molar-refractivity contribution in [3.8, 4) is 0 Å². The van der Waals surface area contributed by atoms with E-state index in [1.54, 1.807) is 16.6 Å². The molecule has 0 saturated carbocycles. The molecule has 2 rings (SSSR count). The first kappa shape index (κ1) is 16.4. The van der Waals surface area contributed by atoms with Crippen molar-refractivity contribution in [2.45, 2.75) is 63.7 Å². The van der Waals surface area contributed by atoms with Crippen molar-refractivity contribution in [2.75, 3.05) is 6.54 Å². The molecule has 118 valence electrons. The van der Waals surface area contributed by atoms with Crippen LogP contribution in [0.5, 0.6) is 0 Å². The summed E-state index contributed by atoms with van der Waals surface area (Å²) in [7, 11) is -3.46. The molecular formula is C15H25N3O2S. The highest BCUT2D eigenvalue weighted by molar-refractivity contribution is 7.89. The van der Waals surface area contributed by atoms with Gasteiger partial charge in [-0.1, -0.05) is 26.3 Å². The van der Waals surface area contributed by atoms with Crippen molar-refractivity contribution in [2.24, 2.45) is 0 Å². The Morgan fingerprint density at radius 1 is 1.38 bits per heavy atom. The predicted octanol–water partition coefficient (Wildman–Crippen LogP) is 2.14. The van der Waals surface area contributed by atoms with Crippen molar-refractivity contribution in [1.29, 1.82) is 0 Å². The molecule has 1 aromatic rings. The first-order valence-corrected chi connectivity index (χ1v) is 9.05. The first-order valence-electron chi connectivity index (χ1n) is 7.61. The predicted molar refractivity (Wildman–Crippen MR) is 83.4 cm³/mol. The monoisotopic (exact) mass is 311 g/mol. The molecule has 6 heteroatoms. The molecule has 0 radical (unpaired) electrons. The number of aromatic nitrogens is 1. The molecule has 1 aromatic heterocycles. The van der Waals surface area contributed by atoms with Gasteiger partial charge in [0.1, 0.15) is 0 Å². The highest BCUT2D eigenvalue weighted by Gasteiger charge is 2.31. The molecule has 0 amide bonds. The van der Waals surface area contributed by atoms with Crippen LogP contribution in [0.15, 0.2) is 23.4 Å². The molecule has 1 atom stereocenters. The van der Waals surface area contributed by atoms with Gasteiger partial charge in [-0.25, -0.2) is 13.4 Å². The topological polar surface area (TPSA) is 62.3 Å². The van der Waals surface area contributed by atoms with Gasteiger partial charge in [-0.3, -0.25) is 0 Å². The van der Waals surface area contributed by atoms with Crippen molar-refractivity contribution in [3.63, 3.8) is 0 Å². The number of rotatable bonds is 5. The van der Waals surface area contributed by atoms with E-state index < -0.39 is 10.0 Å². The maximum Gasteiger partial charge on any atom is 0.260 e. The van der Waals surface area contributed by atoms with E-state index in [4.69, 9.17) is 0 Å². The van der Waals surface area contributed by atoms with Crippen molar-refractivity contribution in [1.82, 2.24) is 14.6 Å². The standard InChI is InChI=1S/C15H25N3O2S/c1-12(2)16-10-14-7-8-15(17-11-14)21(19,20)18-9-5-4-6-13(18)3/h7-8,11-13,16H,4-6,9-10H2,1-3H3. The van der Waals surface area contributed by atoms with Gasteiger partial charge in [-0.15, -0.1) is 0 Å². The number of hydrogen-bond acceptors (Lipinski definition) is 4. The number of nitrogens with zero attached hydrogens (tertiary/aromatic N) is 2. The Labute approximate surface area is 127 Å². The Hall–Kier alpha value is -0.980. The van der Waals surface area contributed by atoms with Gasteiger partial charge >= 0.3 is 0 Å². The molecule has 1 saturated heterocycles. The van der Waals surface area contributed by atoms with Crippen LogP contribution in [0.25, 0.3) is 0 Å². The maximum atomic E-state index is 12.6. The minimum absolute atomic E-state index is 0.0628. The molecule has 0 aromatic carbocycles. The largest absolute Gasteiger partial charge is 0.310 e. The Bertz CT molecular complexity index is 555. The van der Waals surface area contributed by atoms with E-state index in [9.17, 15) is 8.42 Å². The SMILES string of the molecule is CC(C)NCc1ccc(S(=O)(=O)N2CCCCC2C)nc1. The molecular weight excluding hydrogens is 286 g/mol. The molecule has 2 heterocycles. The molecule has 0 bridgehead atoms. The molecule has 5 nitrogen and oxygen atoms in total. The van der Waals surface area contributed by atoms with Crippen LogP contribution < -0.4 is 5.32 Å². The van der Waals surface area contributed by atoms with Gasteiger partial charge < -0.3 is 5.32 Å². The Morgan fingerprint density at radius 3 is 2.71 bits per heavy atom. The third kappa shape index (κ3) is 4.02. The lowest BCUT2D eigenvalue weighted by Crippen LogP contribution is -2.42. The van der Waals surface area contributed by atoms with E-state index in [1.807, 2.05) is 13.0 Å². The number of hydrogen-bond donors (Lipinski definition) is 1. The summed E-state index contributed by atoms with van der Waals surface area (Å²) in [5.74, 6) is 0. The average molecular weight is 311 g/mol. The number of piperidine rings is 1. The van der Waals surface area contributed by atoms with Gasteiger partial charge in [-0.2, -0.15) is 4.31 Å². The summed E-state index contributed by atoms with van der Waals surface area (Å²) in [6.45, 7) is 7.42. The second kappa shape index (κ2) is 6.85. The van der Waals surface area contributed by atoms with Crippen molar-refractivity contribution in [3.05, 3.63) is 23.9 Å². The Kier molecular flexibility index (Phi) is 5.35. The lowest BCUT2D eigenvalue weighted by Gasteiger charge is -2.31. The summed E-state index contributed by atoms with van der Waals surface area (Å²) in [6.07, 6.45) is 4.60. The van der Waals surface area contributed by atoms with E-state index in [-0.39, 0.29) is 11.1 Å². The summed E-state index contributed by atoms with van der Waals surface area (Å²) < 4.78 is 26.8. The summed E-state index contributed by atoms with van der Waals surface area (Å²) in [4.78, 5) is 4.17. The molecule has 0 aliphatic carbocycles. The number of pyridine rings is 1. The lowest BCUT2D eigenvalue weighted by molar-refractivity contribution is 0.268. The quantitative estimate of drug-likeness (QED) is 0.905. The molecule has 1 N–H and O–H groups in total. The van der Waals surface area contributed by atoms with Crippen LogP contribution in [0.1, 0.15) is 45.6 Å². The molecule has 21 heavy (non-hydrogen) atoms. The van der Waals surface area contributed by atoms with Crippen LogP contribution in [0.4, 0.5) is 0 Å². The third-order valence-corrected chi connectivity index (χ3v) is 5.76. The molecule has 1 aliphatic rings. The van der Waals surface area contributed by atoms with Crippen molar-refractivity contribution >= 4 is 10.0 Å². The fourth-order valence-corrected chi connectivity index (χ4v) is 4.15. The average Bonchev–Trinajstić information content (AvgIpc) is 2.46. The van der Waals surface area contributed by atoms with Gasteiger partial charge in [0.2, 0.25) is 0 Å². The Morgan fingerprint density at radius 2 is 2.14 bits per heavy atom. The Balaban J connectivity index is 2.13. The van der Waals surface area contributed by atoms with Crippen molar-refractivity contribution < 1.29 is 8.42 Å². The van der Waals surface area contributed by atoms with Gasteiger partial charge in [0.05, 0.1) is 0 Å². The molecule has 1 unspecified atom stereocenters. The van der Waals surface area contributed by atoms with Crippen LogP contribution in [0.3, 0.4) is 0 Å². The first-order chi connectivity index (χ1) is 9.91. The second-order valence-corrected chi connectivity index (χ2v) is 7.84. The normalized spacial score (nSPS) is 20.9. The third-order valence-electron chi connectivity index (χ3n) is 3.83. The zero-order chi connectivity index (χ0) is 15.5. The summed E-state index contributed by atoms with van der Waals surface area (Å²) in [6, 6.07) is 3.91. The zero-order valence-corrected chi connectivity index (χ0v) is 13.9. The number of sulfonamides is 1. The van der Waals surface area contributed by atoms with Crippen LogP contribution in [0.2, 0.25) is 0 Å². The fourth-order valence-electron chi connectivity index (χ4n) is 2.54. The zero-order valence-electron chi connectivity index (χ0n) is 13.0. The van der Waals surface area contributed by atoms with E-state index in [2.05, 4.69) is 24.1 Å². The van der Waals surface area contributed by atoms with Crippen LogP contribution in [-0.4, -0.2) is 36.3 Å². The smallest absolute Gasteiger partial charge is 0.260 e. The van der Waals surface area contributed by atoms with Crippen LogP contribution in [0, 0.1) is 0 Å². The second-order valence-electron chi connectivity index (χ2n) is 6.00. The number of nitrogens with one attached hydrogen (secondary N) is 1. The van der Waals surface area contributed by atoms with E-state index >= 15 is 0 Å². The van der Waals surface area contributed by atoms with E-state index in [1.165, 1.54) is 0 Å². The summed E-state index contributed by atoms with van der Waals surface area (Å²) in [5.41, 5.74) is 0.995. The fraction of sp³-hybridized carbons (Fsp3) is 0.667. The van der Waals surface area contributed by atoms with Gasteiger partial charge in [-0.05, 0) is 31.4 Å². The maximum absolute atomic E-state index is 12.6. The summed E-state index contributed by atoms with van der Waals surface area (Å²) >= 11 is 0. The molecule has 1 fully saturated rings. The highest BCUT2D eigenvalue weighted by Crippen LogP contribution is 2.24. The molecule has 0 spiro atoms. The highest BCUT2D eigenvalue weighted by atomic mass is 32.2. The van der Waals surface area contributed by atoms with Crippen LogP contribution >= 0.6 is 0 Å². The van der Waals surface area contributed by atoms with E-state index in [0.717, 1.165) is 24.8 Å². The molecule has 1 aliphatic heterocycles. The van der Waals surface area contributed by atoms with Gasteiger partial charge in [0.25, 0.3) is 10.0 Å². The van der Waals surface area contributed by atoms with E-state index in [0.29, 0.717) is 19.1 Å². The van der Waals surface area contributed by atoms with Gasteiger partial charge in [0.15, 0.2) is 5.03 Å². The van der Waals surface area contributed by atoms with Crippen LogP contribution in [-0.2, 0) is 16.6 Å². The minimum atomic E-state index is -3.46. The summed E-state index contributed by atoms with van der Waals surface area (Å²) in [5, 5.41) is 3.45. The minimum Gasteiger partial charge on any atom is -0.310 e. The lowest BCUT2D eigenvalue weighted by atomic mass is 10.1. The van der Waals surface area contributed by atoms with Gasteiger partial charge in [0, 0.05) is 31.4 Å².